The van der Waals surface area contributed by atoms with Gasteiger partial charge in [-0.1, -0.05) is 45.9 Å². The molecule has 0 bridgehead atoms. The molecule has 0 amide bonds. The molecule has 3 rings (SSSR count). The van der Waals surface area contributed by atoms with Gasteiger partial charge in [-0.3, -0.25) is 0 Å². The highest BCUT2D eigenvalue weighted by Crippen LogP contribution is 2.57. The van der Waals surface area contributed by atoms with Gasteiger partial charge >= 0.3 is 0 Å². The Kier molecular flexibility index (Phi) is 6.06. The van der Waals surface area contributed by atoms with Gasteiger partial charge in [0.1, 0.15) is 0 Å². The molecule has 2 unspecified atom stereocenters. The minimum absolute atomic E-state index is 0.0445. The predicted octanol–water partition coefficient (Wildman–Crippen LogP) is 4.47. The van der Waals surface area contributed by atoms with Gasteiger partial charge in [0.05, 0.1) is 38.4 Å². The van der Waals surface area contributed by atoms with Gasteiger partial charge in [-0.2, -0.15) is 0 Å². The number of aliphatic hydroxyl groups is 1. The lowest BCUT2D eigenvalue weighted by Crippen LogP contribution is -2.65. The zero-order valence-electron chi connectivity index (χ0n) is 18.7. The first kappa shape index (κ1) is 22.1. The van der Waals surface area contributed by atoms with Gasteiger partial charge in [0.2, 0.25) is 0 Å². The first-order chi connectivity index (χ1) is 13.7. The van der Waals surface area contributed by atoms with E-state index in [2.05, 4.69) is 32.6 Å². The lowest BCUT2D eigenvalue weighted by Gasteiger charge is -2.57. The normalized spacial score (nSPS) is 27.9. The maximum Gasteiger partial charge on any atom is 0.176 e. The summed E-state index contributed by atoms with van der Waals surface area (Å²) < 4.78 is 23.6. The first-order valence-electron chi connectivity index (χ1n) is 10.5. The fourth-order valence-corrected chi connectivity index (χ4v) is 5.29. The third-order valence-corrected chi connectivity index (χ3v) is 7.18. The number of ether oxygens (including phenoxy) is 4. The van der Waals surface area contributed by atoms with Crippen LogP contribution in [0.25, 0.3) is 0 Å². The molecule has 1 heterocycles. The molecule has 0 aromatic heterocycles. The summed E-state index contributed by atoms with van der Waals surface area (Å²) in [5.41, 5.74) is 0.350. The molecule has 2 atom stereocenters. The molecular weight excluding hydrogens is 368 g/mol. The Morgan fingerprint density at radius 2 is 1.79 bits per heavy atom. The Bertz CT molecular complexity index is 748. The fraction of sp³-hybridized carbons (Fsp3) is 0.667. The Labute approximate surface area is 175 Å². The molecular formula is C24H36O5. The van der Waals surface area contributed by atoms with Crippen LogP contribution >= 0.6 is 0 Å². The van der Waals surface area contributed by atoms with Crippen molar-refractivity contribution in [2.75, 3.05) is 27.4 Å². The molecule has 1 saturated carbocycles. The topological polar surface area (TPSA) is 57.2 Å². The van der Waals surface area contributed by atoms with Gasteiger partial charge in [0.15, 0.2) is 17.3 Å². The zero-order valence-corrected chi connectivity index (χ0v) is 18.7. The summed E-state index contributed by atoms with van der Waals surface area (Å²) in [6, 6.07) is 4.20. The van der Waals surface area contributed by atoms with Crippen molar-refractivity contribution in [1.82, 2.24) is 0 Å². The Balaban J connectivity index is 1.99. The fourth-order valence-electron chi connectivity index (χ4n) is 5.29. The van der Waals surface area contributed by atoms with Crippen LogP contribution in [0, 0.1) is 11.3 Å². The lowest BCUT2D eigenvalue weighted by molar-refractivity contribution is -0.303. The second-order valence-corrected chi connectivity index (χ2v) is 9.08. The summed E-state index contributed by atoms with van der Waals surface area (Å²) in [5, 5.41) is 11.8. The molecule has 0 radical (unpaired) electrons. The standard InChI is InChI=1S/C24H36O5/c1-8-23(25)18(11-12-24(22(23,4)5)28-13-14-29-24)15-17-9-10-19(16(2)3)21(27-7)20(17)26-6/h8-10,16,18,25H,1,11-15H2,2-7H3. The van der Waals surface area contributed by atoms with Crippen LogP contribution in [0.4, 0.5) is 0 Å². The van der Waals surface area contributed by atoms with E-state index >= 15 is 0 Å². The van der Waals surface area contributed by atoms with Crippen LogP contribution in [-0.4, -0.2) is 43.9 Å². The molecule has 29 heavy (non-hydrogen) atoms. The maximum absolute atomic E-state index is 11.8. The number of rotatable bonds is 6. The Hall–Kier alpha value is -1.56. The van der Waals surface area contributed by atoms with Crippen LogP contribution in [-0.2, 0) is 15.9 Å². The van der Waals surface area contributed by atoms with Gasteiger partial charge in [0.25, 0.3) is 0 Å². The van der Waals surface area contributed by atoms with Gasteiger partial charge in [-0.25, -0.2) is 0 Å². The van der Waals surface area contributed by atoms with E-state index in [9.17, 15) is 5.11 Å². The Morgan fingerprint density at radius 1 is 1.17 bits per heavy atom. The maximum atomic E-state index is 11.8. The average molecular weight is 405 g/mol. The van der Waals surface area contributed by atoms with Crippen LogP contribution in [0.3, 0.4) is 0 Å². The van der Waals surface area contributed by atoms with Crippen molar-refractivity contribution >= 4 is 0 Å². The molecule has 1 N–H and O–H groups in total. The zero-order chi connectivity index (χ0) is 21.4. The van der Waals surface area contributed by atoms with Crippen molar-refractivity contribution in [3.8, 4) is 11.5 Å². The molecule has 1 aromatic rings. The second kappa shape index (κ2) is 7.93. The Morgan fingerprint density at radius 3 is 2.31 bits per heavy atom. The van der Waals surface area contributed by atoms with Crippen molar-refractivity contribution in [3.63, 3.8) is 0 Å². The average Bonchev–Trinajstić information content (AvgIpc) is 3.18. The second-order valence-electron chi connectivity index (χ2n) is 9.08. The van der Waals surface area contributed by atoms with Crippen LogP contribution < -0.4 is 9.47 Å². The van der Waals surface area contributed by atoms with Gasteiger partial charge in [-0.05, 0) is 30.2 Å². The van der Waals surface area contributed by atoms with Crippen molar-refractivity contribution in [3.05, 3.63) is 35.9 Å². The SMILES string of the molecule is C=CC1(O)C(Cc2ccc(C(C)C)c(OC)c2OC)CCC2(OCCO2)C1(C)C. The van der Waals surface area contributed by atoms with E-state index in [1.807, 2.05) is 13.8 Å². The van der Waals surface area contributed by atoms with E-state index in [0.29, 0.717) is 25.6 Å². The van der Waals surface area contributed by atoms with Crippen molar-refractivity contribution in [2.45, 2.75) is 64.3 Å². The number of benzene rings is 1. The quantitative estimate of drug-likeness (QED) is 0.709. The summed E-state index contributed by atoms with van der Waals surface area (Å²) in [6.07, 6.45) is 3.84. The highest BCUT2D eigenvalue weighted by Gasteiger charge is 2.64. The molecule has 1 aliphatic heterocycles. The number of hydrogen-bond acceptors (Lipinski definition) is 5. The number of methoxy groups -OCH3 is 2. The molecule has 162 valence electrons. The van der Waals surface area contributed by atoms with E-state index < -0.39 is 16.8 Å². The van der Waals surface area contributed by atoms with Crippen LogP contribution in [0.5, 0.6) is 11.5 Å². The molecule has 2 aliphatic rings. The molecule has 5 heteroatoms. The van der Waals surface area contributed by atoms with E-state index in [-0.39, 0.29) is 5.92 Å². The monoisotopic (exact) mass is 404 g/mol. The highest BCUT2D eigenvalue weighted by molar-refractivity contribution is 5.53. The molecule has 1 aromatic carbocycles. The summed E-state index contributed by atoms with van der Waals surface area (Å²) in [4.78, 5) is 0. The van der Waals surface area contributed by atoms with Crippen molar-refractivity contribution in [2.24, 2.45) is 11.3 Å². The van der Waals surface area contributed by atoms with Crippen LogP contribution in [0.1, 0.15) is 57.6 Å². The summed E-state index contributed by atoms with van der Waals surface area (Å²) in [5.74, 6) is 1.03. The molecule has 1 spiro atoms. The predicted molar refractivity (Wildman–Crippen MR) is 114 cm³/mol. The van der Waals surface area contributed by atoms with Crippen LogP contribution in [0.15, 0.2) is 24.8 Å². The summed E-state index contributed by atoms with van der Waals surface area (Å²) in [7, 11) is 3.35. The highest BCUT2D eigenvalue weighted by atomic mass is 16.7. The number of hydrogen-bond donors (Lipinski definition) is 1. The van der Waals surface area contributed by atoms with Crippen molar-refractivity contribution in [1.29, 1.82) is 0 Å². The third kappa shape index (κ3) is 3.28. The largest absolute Gasteiger partial charge is 0.493 e. The van der Waals surface area contributed by atoms with E-state index in [0.717, 1.165) is 35.5 Å². The summed E-state index contributed by atoms with van der Waals surface area (Å²) in [6.45, 7) is 13.4. The van der Waals surface area contributed by atoms with Crippen molar-refractivity contribution < 1.29 is 24.1 Å². The molecule has 1 saturated heterocycles. The van der Waals surface area contributed by atoms with E-state index in [1.54, 1.807) is 20.3 Å². The third-order valence-electron chi connectivity index (χ3n) is 7.18. The molecule has 1 aliphatic carbocycles. The van der Waals surface area contributed by atoms with E-state index in [1.165, 1.54) is 0 Å². The minimum atomic E-state index is -1.15. The first-order valence-corrected chi connectivity index (χ1v) is 10.5. The minimum Gasteiger partial charge on any atom is -0.493 e. The summed E-state index contributed by atoms with van der Waals surface area (Å²) >= 11 is 0. The van der Waals surface area contributed by atoms with Gasteiger partial charge < -0.3 is 24.1 Å². The molecule has 5 nitrogen and oxygen atoms in total. The lowest BCUT2D eigenvalue weighted by atomic mass is 9.56. The smallest absolute Gasteiger partial charge is 0.176 e. The van der Waals surface area contributed by atoms with Gasteiger partial charge in [-0.15, -0.1) is 6.58 Å². The molecule has 2 fully saturated rings. The van der Waals surface area contributed by atoms with E-state index in [4.69, 9.17) is 18.9 Å². The van der Waals surface area contributed by atoms with Crippen LogP contribution in [0.2, 0.25) is 0 Å². The van der Waals surface area contributed by atoms with Gasteiger partial charge in [0, 0.05) is 12.0 Å².